The predicted molar refractivity (Wildman–Crippen MR) is 182 cm³/mol. The molecule has 0 amide bonds. The minimum atomic E-state index is 0.118. The van der Waals surface area contributed by atoms with Crippen molar-refractivity contribution in [3.05, 3.63) is 169 Å². The van der Waals surface area contributed by atoms with Gasteiger partial charge in [-0.05, 0) is 68.4 Å². The summed E-state index contributed by atoms with van der Waals surface area (Å²) in [6.45, 7) is 0. The third-order valence-electron chi connectivity index (χ3n) is 8.48. The zero-order valence-electron chi connectivity index (χ0n) is 24.1. The largest absolute Gasteiger partial charge is 0.264 e. The van der Waals surface area contributed by atoms with Crippen LogP contribution in [0.4, 0.5) is 0 Å². The van der Waals surface area contributed by atoms with Crippen LogP contribution in [0.15, 0.2) is 158 Å². The Kier molecular flexibility index (Phi) is 6.62. The molecule has 1 aliphatic carbocycles. The number of benzene rings is 5. The maximum Gasteiger partial charge on any atom is 0.160 e. The molecule has 208 valence electrons. The maximum atomic E-state index is 5.25. The highest BCUT2D eigenvalue weighted by Crippen LogP contribution is 2.36. The van der Waals surface area contributed by atoms with Crippen molar-refractivity contribution in [2.75, 3.05) is 0 Å². The Morgan fingerprint density at radius 3 is 2.05 bits per heavy atom. The van der Waals surface area contributed by atoms with E-state index in [2.05, 4.69) is 145 Å². The van der Waals surface area contributed by atoms with Gasteiger partial charge in [0.2, 0.25) is 0 Å². The molecule has 0 spiro atoms. The van der Waals surface area contributed by atoms with Crippen molar-refractivity contribution < 1.29 is 0 Å². The van der Waals surface area contributed by atoms with E-state index in [9.17, 15) is 0 Å². The third-order valence-corrected chi connectivity index (χ3v) is 8.48. The quantitative estimate of drug-likeness (QED) is 0.209. The Balaban J connectivity index is 1.30. The molecule has 2 heterocycles. The van der Waals surface area contributed by atoms with E-state index in [4.69, 9.17) is 9.97 Å². The highest BCUT2D eigenvalue weighted by molar-refractivity contribution is 5.97. The van der Waals surface area contributed by atoms with Crippen LogP contribution in [0.1, 0.15) is 23.6 Å². The van der Waals surface area contributed by atoms with Crippen LogP contribution < -0.4 is 0 Å². The minimum Gasteiger partial charge on any atom is -0.264 e. The molecule has 1 atom stereocenters. The van der Waals surface area contributed by atoms with E-state index < -0.39 is 0 Å². The highest BCUT2D eigenvalue weighted by atomic mass is 14.9. The number of nitrogens with zero attached hydrogens (tertiary/aromatic N) is 3. The zero-order valence-corrected chi connectivity index (χ0v) is 24.1. The van der Waals surface area contributed by atoms with Crippen LogP contribution in [-0.4, -0.2) is 15.0 Å². The number of fused-ring (bicyclic) bond motifs is 2. The van der Waals surface area contributed by atoms with Crippen molar-refractivity contribution in [1.82, 2.24) is 15.0 Å². The standard InChI is InChI=1S/C41H29N3/c1-3-19-35-28(10-1)12-7-21-37(35)31-15-6-17-33(25-31)40-26-39(32-16-5-14-30(24-32)34-18-9-23-42-27-34)43-41(44-40)38-22-8-13-29-11-2-4-20-36(29)38/h1-15,17-27,32H,16H2. The van der Waals surface area contributed by atoms with Gasteiger partial charge >= 0.3 is 0 Å². The lowest BCUT2D eigenvalue weighted by atomic mass is 9.89. The van der Waals surface area contributed by atoms with Crippen LogP contribution >= 0.6 is 0 Å². The molecule has 3 heteroatoms. The van der Waals surface area contributed by atoms with Gasteiger partial charge in [0.05, 0.1) is 11.4 Å². The molecule has 0 aliphatic heterocycles. The van der Waals surface area contributed by atoms with Crippen molar-refractivity contribution in [3.8, 4) is 33.8 Å². The van der Waals surface area contributed by atoms with Gasteiger partial charge in [-0.15, -0.1) is 0 Å². The predicted octanol–water partition coefficient (Wildman–Crippen LogP) is 10.3. The van der Waals surface area contributed by atoms with Gasteiger partial charge in [0.1, 0.15) is 0 Å². The second-order valence-electron chi connectivity index (χ2n) is 11.2. The van der Waals surface area contributed by atoms with E-state index in [-0.39, 0.29) is 5.92 Å². The number of allylic oxidation sites excluding steroid dienone is 4. The van der Waals surface area contributed by atoms with Crippen LogP contribution in [0.5, 0.6) is 0 Å². The van der Waals surface area contributed by atoms with E-state index >= 15 is 0 Å². The van der Waals surface area contributed by atoms with Crippen molar-refractivity contribution >= 4 is 27.1 Å². The number of hydrogen-bond donors (Lipinski definition) is 0. The molecule has 0 fully saturated rings. The Morgan fingerprint density at radius 2 is 1.25 bits per heavy atom. The van der Waals surface area contributed by atoms with E-state index in [1.807, 2.05) is 18.5 Å². The highest BCUT2D eigenvalue weighted by Gasteiger charge is 2.19. The SMILES string of the molecule is C1=CC(c2cccnc2)=CC(c2cc(-c3cccc(-c4cccc5ccccc45)c3)nc(-c3cccc4ccccc34)n2)C1. The molecule has 0 saturated carbocycles. The van der Waals surface area contributed by atoms with Crippen LogP contribution in [-0.2, 0) is 0 Å². The molecule has 0 bridgehead atoms. The minimum absolute atomic E-state index is 0.118. The smallest absolute Gasteiger partial charge is 0.160 e. The molecule has 1 unspecified atom stereocenters. The molecule has 8 rings (SSSR count). The van der Waals surface area contributed by atoms with Gasteiger partial charge in [0.15, 0.2) is 5.82 Å². The fraction of sp³-hybridized carbons (Fsp3) is 0.0488. The molecule has 3 nitrogen and oxygen atoms in total. The third kappa shape index (κ3) is 4.89. The van der Waals surface area contributed by atoms with Gasteiger partial charge < -0.3 is 0 Å². The summed E-state index contributed by atoms with van der Waals surface area (Å²) in [5, 5.41) is 4.81. The molecular weight excluding hydrogens is 534 g/mol. The van der Waals surface area contributed by atoms with Gasteiger partial charge in [-0.25, -0.2) is 9.97 Å². The van der Waals surface area contributed by atoms with Crippen molar-refractivity contribution in [2.45, 2.75) is 12.3 Å². The van der Waals surface area contributed by atoms with E-state index in [0.29, 0.717) is 0 Å². The van der Waals surface area contributed by atoms with Crippen LogP contribution in [0, 0.1) is 0 Å². The van der Waals surface area contributed by atoms with Crippen LogP contribution in [0.2, 0.25) is 0 Å². The second-order valence-corrected chi connectivity index (χ2v) is 11.2. The average Bonchev–Trinajstić information content (AvgIpc) is 3.11. The summed E-state index contributed by atoms with van der Waals surface area (Å²) < 4.78 is 0. The summed E-state index contributed by atoms with van der Waals surface area (Å²) in [5.41, 5.74) is 8.72. The summed E-state index contributed by atoms with van der Waals surface area (Å²) in [4.78, 5) is 14.8. The van der Waals surface area contributed by atoms with Gasteiger partial charge in [-0.2, -0.15) is 0 Å². The summed E-state index contributed by atoms with van der Waals surface area (Å²) >= 11 is 0. The van der Waals surface area contributed by atoms with Crippen molar-refractivity contribution in [3.63, 3.8) is 0 Å². The van der Waals surface area contributed by atoms with Gasteiger partial charge in [-0.3, -0.25) is 4.98 Å². The number of hydrogen-bond acceptors (Lipinski definition) is 3. The molecule has 0 N–H and O–H groups in total. The molecule has 5 aromatic carbocycles. The van der Waals surface area contributed by atoms with Crippen LogP contribution in [0.3, 0.4) is 0 Å². The normalized spacial score (nSPS) is 14.5. The lowest BCUT2D eigenvalue weighted by molar-refractivity contribution is 0.814. The number of aromatic nitrogens is 3. The molecule has 2 aromatic heterocycles. The maximum absolute atomic E-state index is 5.25. The molecule has 0 saturated heterocycles. The van der Waals surface area contributed by atoms with Crippen LogP contribution in [0.25, 0.3) is 60.9 Å². The average molecular weight is 564 g/mol. The molecular formula is C41H29N3. The monoisotopic (exact) mass is 563 g/mol. The fourth-order valence-electron chi connectivity index (χ4n) is 6.28. The van der Waals surface area contributed by atoms with Gasteiger partial charge in [-0.1, -0.05) is 127 Å². The number of rotatable bonds is 5. The Bertz CT molecular complexity index is 2200. The zero-order chi connectivity index (χ0) is 29.3. The Morgan fingerprint density at radius 1 is 0.568 bits per heavy atom. The summed E-state index contributed by atoms with van der Waals surface area (Å²) in [6.07, 6.45) is 11.4. The fourth-order valence-corrected chi connectivity index (χ4v) is 6.28. The lowest BCUT2D eigenvalue weighted by Crippen LogP contribution is -2.05. The van der Waals surface area contributed by atoms with Crippen molar-refractivity contribution in [2.24, 2.45) is 0 Å². The lowest BCUT2D eigenvalue weighted by Gasteiger charge is -2.19. The Labute approximate surface area is 256 Å². The topological polar surface area (TPSA) is 38.7 Å². The first-order chi connectivity index (χ1) is 21.8. The first-order valence-electron chi connectivity index (χ1n) is 15.0. The Hall–Kier alpha value is -5.67. The summed E-state index contributed by atoms with van der Waals surface area (Å²) in [5.74, 6) is 0.864. The summed E-state index contributed by atoms with van der Waals surface area (Å²) in [6, 6.07) is 44.9. The molecule has 0 radical (unpaired) electrons. The number of pyridine rings is 1. The molecule has 1 aliphatic rings. The molecule has 7 aromatic rings. The summed E-state index contributed by atoms with van der Waals surface area (Å²) in [7, 11) is 0. The first kappa shape index (κ1) is 26.0. The van der Waals surface area contributed by atoms with E-state index in [0.717, 1.165) is 45.7 Å². The first-order valence-corrected chi connectivity index (χ1v) is 15.0. The van der Waals surface area contributed by atoms with Gasteiger partial charge in [0.25, 0.3) is 0 Å². The second kappa shape index (κ2) is 11.2. The van der Waals surface area contributed by atoms with E-state index in [1.165, 1.54) is 32.9 Å². The van der Waals surface area contributed by atoms with Gasteiger partial charge in [0, 0.05) is 29.4 Å². The van der Waals surface area contributed by atoms with E-state index in [1.54, 1.807) is 0 Å². The molecule has 44 heavy (non-hydrogen) atoms. The van der Waals surface area contributed by atoms with Crippen molar-refractivity contribution in [1.29, 1.82) is 0 Å².